The van der Waals surface area contributed by atoms with E-state index in [0.29, 0.717) is 5.56 Å². The molecule has 1 rings (SSSR count). The van der Waals surface area contributed by atoms with E-state index in [2.05, 4.69) is 9.46 Å². The number of nitrogens with one attached hydrogen (secondary N) is 1. The van der Waals surface area contributed by atoms with Gasteiger partial charge in [-0.25, -0.2) is 17.9 Å². The molecule has 1 aromatic carbocycles. The Morgan fingerprint density at radius 3 is 2.63 bits per heavy atom. The first-order valence-corrected chi connectivity index (χ1v) is 7.13. The van der Waals surface area contributed by atoms with Gasteiger partial charge in [0.15, 0.2) is 0 Å². The molecule has 2 N–H and O–H groups in total. The number of aliphatic hydroxyl groups is 1. The van der Waals surface area contributed by atoms with E-state index < -0.39 is 22.1 Å². The van der Waals surface area contributed by atoms with Gasteiger partial charge in [-0.2, -0.15) is 0 Å². The van der Waals surface area contributed by atoms with Crippen molar-refractivity contribution in [3.63, 3.8) is 0 Å². The molecule has 7 heteroatoms. The summed E-state index contributed by atoms with van der Waals surface area (Å²) in [5.41, 5.74) is 0.663. The second-order valence-corrected chi connectivity index (χ2v) is 5.91. The fourth-order valence-corrected chi connectivity index (χ4v) is 2.83. The summed E-state index contributed by atoms with van der Waals surface area (Å²) in [6.07, 6.45) is -0.793. The van der Waals surface area contributed by atoms with Gasteiger partial charge in [-0.3, -0.25) is 0 Å². The fourth-order valence-electron chi connectivity index (χ4n) is 1.44. The quantitative estimate of drug-likeness (QED) is 0.767. The van der Waals surface area contributed by atoms with Crippen LogP contribution in [0.3, 0.4) is 0 Å². The summed E-state index contributed by atoms with van der Waals surface area (Å²) in [4.78, 5) is 11.4. The molecule has 0 heterocycles. The van der Waals surface area contributed by atoms with Gasteiger partial charge in [0.05, 0.1) is 23.7 Å². The van der Waals surface area contributed by atoms with Gasteiger partial charge in [-0.05, 0) is 31.5 Å². The number of esters is 1. The highest BCUT2D eigenvalue weighted by Crippen LogP contribution is 2.17. The van der Waals surface area contributed by atoms with Crippen molar-refractivity contribution in [2.45, 2.75) is 24.8 Å². The Bertz CT molecular complexity index is 565. The summed E-state index contributed by atoms with van der Waals surface area (Å²) in [6.45, 7) is 3.00. The number of carbonyl (C=O) groups excluding carboxylic acids is 1. The summed E-state index contributed by atoms with van der Waals surface area (Å²) < 4.78 is 30.9. The summed E-state index contributed by atoms with van der Waals surface area (Å²) in [5.74, 6) is -0.605. The van der Waals surface area contributed by atoms with Crippen molar-refractivity contribution in [1.29, 1.82) is 0 Å². The number of aliphatic hydroxyl groups excluding tert-OH is 1. The van der Waals surface area contributed by atoms with Crippen LogP contribution in [0.5, 0.6) is 0 Å². The minimum atomic E-state index is -3.77. The Balaban J connectivity index is 3.15. The van der Waals surface area contributed by atoms with Gasteiger partial charge in [0, 0.05) is 6.54 Å². The van der Waals surface area contributed by atoms with Crippen LogP contribution in [-0.2, 0) is 14.8 Å². The van der Waals surface area contributed by atoms with Crippen LogP contribution in [0.4, 0.5) is 0 Å². The topological polar surface area (TPSA) is 92.7 Å². The molecule has 0 aromatic heterocycles. The normalized spacial score (nSPS) is 13.1. The number of ether oxygens (including phenoxy) is 1. The van der Waals surface area contributed by atoms with Crippen LogP contribution in [0.2, 0.25) is 0 Å². The van der Waals surface area contributed by atoms with Gasteiger partial charge in [0.1, 0.15) is 0 Å². The van der Waals surface area contributed by atoms with Crippen molar-refractivity contribution in [1.82, 2.24) is 4.72 Å². The second-order valence-electron chi connectivity index (χ2n) is 4.17. The molecule has 0 amide bonds. The van der Waals surface area contributed by atoms with E-state index in [9.17, 15) is 13.2 Å². The first kappa shape index (κ1) is 15.6. The van der Waals surface area contributed by atoms with Crippen LogP contribution in [0.15, 0.2) is 23.1 Å². The lowest BCUT2D eigenvalue weighted by Crippen LogP contribution is -2.31. The van der Waals surface area contributed by atoms with Gasteiger partial charge in [0.25, 0.3) is 0 Å². The zero-order valence-corrected chi connectivity index (χ0v) is 11.8. The Labute approximate surface area is 112 Å². The van der Waals surface area contributed by atoms with Crippen LogP contribution in [-0.4, -0.2) is 39.3 Å². The highest BCUT2D eigenvalue weighted by molar-refractivity contribution is 7.89. The zero-order valence-electron chi connectivity index (χ0n) is 11.0. The summed E-state index contributed by atoms with van der Waals surface area (Å²) in [6, 6.07) is 4.28. The summed E-state index contributed by atoms with van der Waals surface area (Å²) in [5, 5.41) is 9.11. The van der Waals surface area contributed by atoms with Gasteiger partial charge >= 0.3 is 5.97 Å². The summed E-state index contributed by atoms with van der Waals surface area (Å²) in [7, 11) is -2.54. The number of benzene rings is 1. The van der Waals surface area contributed by atoms with E-state index in [4.69, 9.17) is 5.11 Å². The van der Waals surface area contributed by atoms with Gasteiger partial charge in [0.2, 0.25) is 10.0 Å². The monoisotopic (exact) mass is 287 g/mol. The molecule has 0 aliphatic carbocycles. The van der Waals surface area contributed by atoms with Gasteiger partial charge in [-0.1, -0.05) is 6.07 Å². The van der Waals surface area contributed by atoms with E-state index in [1.807, 2.05) is 0 Å². The van der Waals surface area contributed by atoms with E-state index >= 15 is 0 Å². The van der Waals surface area contributed by atoms with E-state index in [1.165, 1.54) is 32.2 Å². The Morgan fingerprint density at radius 2 is 2.11 bits per heavy atom. The van der Waals surface area contributed by atoms with Crippen LogP contribution in [0.1, 0.15) is 22.8 Å². The van der Waals surface area contributed by atoms with Crippen molar-refractivity contribution >= 4 is 16.0 Å². The molecule has 0 saturated heterocycles. The lowest BCUT2D eigenvalue weighted by atomic mass is 10.1. The van der Waals surface area contributed by atoms with Crippen molar-refractivity contribution in [3.8, 4) is 0 Å². The van der Waals surface area contributed by atoms with E-state index in [0.717, 1.165) is 0 Å². The molecule has 0 fully saturated rings. The maximum atomic E-state index is 12.0. The van der Waals surface area contributed by atoms with Crippen LogP contribution < -0.4 is 4.72 Å². The molecule has 0 spiro atoms. The van der Waals surface area contributed by atoms with Crippen molar-refractivity contribution in [2.24, 2.45) is 0 Å². The minimum Gasteiger partial charge on any atom is -0.465 e. The third-order valence-electron chi connectivity index (χ3n) is 2.47. The molecule has 0 aliphatic rings. The molecule has 6 nitrogen and oxygen atoms in total. The van der Waals surface area contributed by atoms with Gasteiger partial charge < -0.3 is 9.84 Å². The smallest absolute Gasteiger partial charge is 0.337 e. The number of aryl methyl sites for hydroxylation is 1. The fraction of sp³-hybridized carbons (Fsp3) is 0.417. The highest BCUT2D eigenvalue weighted by atomic mass is 32.2. The molecule has 0 aliphatic heterocycles. The third kappa shape index (κ3) is 4.02. The maximum absolute atomic E-state index is 12.0. The van der Waals surface area contributed by atoms with Crippen molar-refractivity contribution in [3.05, 3.63) is 29.3 Å². The number of hydrogen-bond donors (Lipinski definition) is 2. The second kappa shape index (κ2) is 6.14. The van der Waals surface area contributed by atoms with Crippen molar-refractivity contribution in [2.75, 3.05) is 13.7 Å². The molecule has 1 unspecified atom stereocenters. The van der Waals surface area contributed by atoms with Crippen LogP contribution in [0.25, 0.3) is 0 Å². The first-order chi connectivity index (χ1) is 8.77. The van der Waals surface area contributed by atoms with E-state index in [1.54, 1.807) is 6.92 Å². The SMILES string of the molecule is COC(=O)c1ccc(C)c(S(=O)(=O)NCC(C)O)c1. The Morgan fingerprint density at radius 1 is 1.47 bits per heavy atom. The molecular weight excluding hydrogens is 270 g/mol. The average Bonchev–Trinajstić information content (AvgIpc) is 2.36. The largest absolute Gasteiger partial charge is 0.465 e. The predicted octanol–water partition coefficient (Wildman–Crippen LogP) is 0.441. The number of methoxy groups -OCH3 is 1. The van der Waals surface area contributed by atoms with E-state index in [-0.39, 0.29) is 17.0 Å². The van der Waals surface area contributed by atoms with Crippen LogP contribution >= 0.6 is 0 Å². The lowest BCUT2D eigenvalue weighted by molar-refractivity contribution is 0.0600. The average molecular weight is 287 g/mol. The predicted molar refractivity (Wildman–Crippen MR) is 69.4 cm³/mol. The Kier molecular flexibility index (Phi) is 5.04. The number of rotatable bonds is 5. The third-order valence-corrected chi connectivity index (χ3v) is 4.03. The first-order valence-electron chi connectivity index (χ1n) is 5.64. The zero-order chi connectivity index (χ0) is 14.6. The molecule has 1 aromatic rings. The highest BCUT2D eigenvalue weighted by Gasteiger charge is 2.19. The standard InChI is InChI=1S/C12H17NO5S/c1-8-4-5-10(12(15)18-3)6-11(8)19(16,17)13-7-9(2)14/h4-6,9,13-14H,7H2,1-3H3. The molecule has 0 saturated carbocycles. The minimum absolute atomic E-state index is 0.00366. The Hall–Kier alpha value is -1.44. The molecule has 19 heavy (non-hydrogen) atoms. The van der Waals surface area contributed by atoms with Crippen LogP contribution in [0, 0.1) is 6.92 Å². The lowest BCUT2D eigenvalue weighted by Gasteiger charge is -2.11. The molecular formula is C12H17NO5S. The number of sulfonamides is 1. The van der Waals surface area contributed by atoms with Crippen molar-refractivity contribution < 1.29 is 23.1 Å². The number of hydrogen-bond acceptors (Lipinski definition) is 5. The van der Waals surface area contributed by atoms with Gasteiger partial charge in [-0.15, -0.1) is 0 Å². The molecule has 1 atom stereocenters. The molecule has 0 bridgehead atoms. The number of carbonyl (C=O) groups is 1. The maximum Gasteiger partial charge on any atom is 0.337 e. The molecule has 106 valence electrons. The molecule has 0 radical (unpaired) electrons. The summed E-state index contributed by atoms with van der Waals surface area (Å²) >= 11 is 0.